The smallest absolute Gasteiger partial charge is 0.263 e. The first-order valence-corrected chi connectivity index (χ1v) is 12.9. The van der Waals surface area contributed by atoms with Crippen LogP contribution in [0.25, 0.3) is 11.1 Å². The first kappa shape index (κ1) is 25.3. The number of alkyl halides is 2. The molecule has 194 valence electrons. The number of phenolic OH excluding ortho intramolecular Hbond substituents is 1. The standard InChI is InChI=1S/C31H33F2NO3/c1-19-13-14-34(17-19)20(2)18-36-26-10-7-22(8-11-26)30-29(23-5-4-6-24(15-23)31(32)33)21(3)27-16-25(35)9-12-28(27)37-30/h4-12,15-16,19-20,30-31,35H,13-14,17-18H2,1-3H3. The van der Waals surface area contributed by atoms with E-state index in [1.165, 1.54) is 18.6 Å². The quantitative estimate of drug-likeness (QED) is 0.361. The third kappa shape index (κ3) is 5.35. The van der Waals surface area contributed by atoms with E-state index < -0.39 is 12.5 Å². The molecule has 1 fully saturated rings. The molecule has 0 aromatic heterocycles. The van der Waals surface area contributed by atoms with E-state index in [4.69, 9.17) is 9.47 Å². The predicted octanol–water partition coefficient (Wildman–Crippen LogP) is 7.50. The Morgan fingerprint density at radius 2 is 1.86 bits per heavy atom. The Morgan fingerprint density at radius 1 is 1.08 bits per heavy atom. The lowest BCUT2D eigenvalue weighted by atomic mass is 9.85. The number of rotatable bonds is 7. The number of allylic oxidation sites excluding steroid dienone is 1. The predicted molar refractivity (Wildman–Crippen MR) is 142 cm³/mol. The summed E-state index contributed by atoms with van der Waals surface area (Å²) in [7, 11) is 0. The van der Waals surface area contributed by atoms with Crippen molar-refractivity contribution in [3.05, 3.63) is 89.0 Å². The molecule has 3 aromatic rings. The van der Waals surface area contributed by atoms with Gasteiger partial charge in [-0.1, -0.05) is 37.3 Å². The van der Waals surface area contributed by atoms with Crippen LogP contribution in [0.5, 0.6) is 17.2 Å². The van der Waals surface area contributed by atoms with Crippen LogP contribution in [-0.4, -0.2) is 35.7 Å². The molecule has 2 heterocycles. The summed E-state index contributed by atoms with van der Waals surface area (Å²) >= 11 is 0. The highest BCUT2D eigenvalue weighted by Gasteiger charge is 2.30. The molecule has 0 radical (unpaired) electrons. The number of halogens is 2. The van der Waals surface area contributed by atoms with Crippen LogP contribution in [0.2, 0.25) is 0 Å². The molecule has 4 nitrogen and oxygen atoms in total. The van der Waals surface area contributed by atoms with Gasteiger partial charge in [-0.05, 0) is 85.8 Å². The fraction of sp³-hybridized carbons (Fsp3) is 0.355. The topological polar surface area (TPSA) is 41.9 Å². The molecule has 0 spiro atoms. The van der Waals surface area contributed by atoms with E-state index in [0.717, 1.165) is 47.0 Å². The molecule has 2 aliphatic heterocycles. The van der Waals surface area contributed by atoms with Crippen molar-refractivity contribution in [1.29, 1.82) is 0 Å². The monoisotopic (exact) mass is 505 g/mol. The van der Waals surface area contributed by atoms with Gasteiger partial charge in [-0.3, -0.25) is 4.90 Å². The lowest BCUT2D eigenvalue weighted by Gasteiger charge is -2.31. The Morgan fingerprint density at radius 3 is 2.57 bits per heavy atom. The molecule has 0 aliphatic carbocycles. The number of fused-ring (bicyclic) bond motifs is 1. The maximum Gasteiger partial charge on any atom is 0.263 e. The SMILES string of the molecule is CC1=C(c2cccc(C(F)F)c2)C(c2ccc(OCC(C)N3CCC(C)C3)cc2)Oc2ccc(O)cc21. The van der Waals surface area contributed by atoms with Crippen LogP contribution >= 0.6 is 0 Å². The fourth-order valence-corrected chi connectivity index (χ4v) is 5.32. The van der Waals surface area contributed by atoms with Crippen molar-refractivity contribution in [2.24, 2.45) is 5.92 Å². The zero-order chi connectivity index (χ0) is 26.1. The number of phenols is 1. The lowest BCUT2D eigenvalue weighted by Crippen LogP contribution is -2.35. The molecule has 0 saturated carbocycles. The molecule has 1 N–H and O–H groups in total. The van der Waals surface area contributed by atoms with Crippen LogP contribution in [0.1, 0.15) is 62.0 Å². The van der Waals surface area contributed by atoms with Crippen molar-refractivity contribution in [2.45, 2.75) is 45.8 Å². The van der Waals surface area contributed by atoms with E-state index in [1.54, 1.807) is 24.3 Å². The minimum absolute atomic E-state index is 0.0384. The molecule has 0 amide bonds. The average molecular weight is 506 g/mol. The largest absolute Gasteiger partial charge is 0.508 e. The van der Waals surface area contributed by atoms with Crippen LogP contribution in [0.4, 0.5) is 8.78 Å². The van der Waals surface area contributed by atoms with Gasteiger partial charge in [-0.2, -0.15) is 0 Å². The van der Waals surface area contributed by atoms with E-state index in [1.807, 2.05) is 37.3 Å². The Labute approximate surface area is 217 Å². The third-order valence-corrected chi connectivity index (χ3v) is 7.48. The second-order valence-corrected chi connectivity index (χ2v) is 10.3. The minimum Gasteiger partial charge on any atom is -0.508 e. The number of aromatic hydroxyl groups is 1. The van der Waals surface area contributed by atoms with E-state index in [-0.39, 0.29) is 11.3 Å². The summed E-state index contributed by atoms with van der Waals surface area (Å²) in [4.78, 5) is 2.47. The van der Waals surface area contributed by atoms with Crippen molar-refractivity contribution >= 4 is 11.1 Å². The zero-order valence-corrected chi connectivity index (χ0v) is 21.5. The summed E-state index contributed by atoms with van der Waals surface area (Å²) in [5, 5.41) is 10.1. The summed E-state index contributed by atoms with van der Waals surface area (Å²) in [6.45, 7) is 9.27. The number of benzene rings is 3. The first-order valence-electron chi connectivity index (χ1n) is 12.9. The molecule has 3 aromatic carbocycles. The third-order valence-electron chi connectivity index (χ3n) is 7.48. The Balaban J connectivity index is 1.43. The highest BCUT2D eigenvalue weighted by Crippen LogP contribution is 2.47. The maximum absolute atomic E-state index is 13.5. The zero-order valence-electron chi connectivity index (χ0n) is 21.5. The first-order chi connectivity index (χ1) is 17.8. The second-order valence-electron chi connectivity index (χ2n) is 10.3. The van der Waals surface area contributed by atoms with Gasteiger partial charge in [0.2, 0.25) is 0 Å². The molecule has 3 atom stereocenters. The number of ether oxygens (including phenoxy) is 2. The number of nitrogens with zero attached hydrogens (tertiary/aromatic N) is 1. The number of hydrogen-bond acceptors (Lipinski definition) is 4. The molecule has 3 unspecified atom stereocenters. The van der Waals surface area contributed by atoms with Gasteiger partial charge in [-0.25, -0.2) is 8.78 Å². The minimum atomic E-state index is -2.57. The summed E-state index contributed by atoms with van der Waals surface area (Å²) in [6.07, 6.45) is -1.83. The van der Waals surface area contributed by atoms with Crippen LogP contribution < -0.4 is 9.47 Å². The average Bonchev–Trinajstić information content (AvgIpc) is 3.34. The lowest BCUT2D eigenvalue weighted by molar-refractivity contribution is 0.151. The summed E-state index contributed by atoms with van der Waals surface area (Å²) in [5.74, 6) is 2.28. The van der Waals surface area contributed by atoms with E-state index in [2.05, 4.69) is 18.7 Å². The molecule has 6 heteroatoms. The van der Waals surface area contributed by atoms with Crippen molar-refractivity contribution < 1.29 is 23.4 Å². The van der Waals surface area contributed by atoms with Gasteiger partial charge < -0.3 is 14.6 Å². The van der Waals surface area contributed by atoms with Gasteiger partial charge in [0.1, 0.15) is 30.0 Å². The van der Waals surface area contributed by atoms with E-state index >= 15 is 0 Å². The Hall–Kier alpha value is -3.38. The summed E-state index contributed by atoms with van der Waals surface area (Å²) in [5.41, 5.74) is 3.95. The van der Waals surface area contributed by atoms with Crippen LogP contribution in [-0.2, 0) is 0 Å². The highest BCUT2D eigenvalue weighted by atomic mass is 19.3. The second kappa shape index (κ2) is 10.5. The summed E-state index contributed by atoms with van der Waals surface area (Å²) < 4.78 is 39.6. The summed E-state index contributed by atoms with van der Waals surface area (Å²) in [6, 6.07) is 19.6. The van der Waals surface area contributed by atoms with Crippen LogP contribution in [0.15, 0.2) is 66.7 Å². The van der Waals surface area contributed by atoms with Gasteiger partial charge >= 0.3 is 0 Å². The Bertz CT molecular complexity index is 1290. The van der Waals surface area contributed by atoms with Gasteiger partial charge in [0.25, 0.3) is 6.43 Å². The van der Waals surface area contributed by atoms with Crippen molar-refractivity contribution in [3.63, 3.8) is 0 Å². The van der Waals surface area contributed by atoms with Gasteiger partial charge in [-0.15, -0.1) is 0 Å². The molecule has 1 saturated heterocycles. The van der Waals surface area contributed by atoms with Gasteiger partial charge in [0, 0.05) is 29.3 Å². The molecule has 37 heavy (non-hydrogen) atoms. The van der Waals surface area contributed by atoms with Crippen LogP contribution in [0, 0.1) is 5.92 Å². The number of hydrogen-bond donors (Lipinski definition) is 1. The van der Waals surface area contributed by atoms with Crippen molar-refractivity contribution in [3.8, 4) is 17.2 Å². The van der Waals surface area contributed by atoms with E-state index in [0.29, 0.717) is 24.0 Å². The molecule has 2 aliphatic rings. The van der Waals surface area contributed by atoms with Crippen molar-refractivity contribution in [1.82, 2.24) is 4.90 Å². The van der Waals surface area contributed by atoms with Crippen molar-refractivity contribution in [2.75, 3.05) is 19.7 Å². The Kier molecular flexibility index (Phi) is 7.20. The van der Waals surface area contributed by atoms with Crippen LogP contribution in [0.3, 0.4) is 0 Å². The molecule has 0 bridgehead atoms. The molecular formula is C31H33F2NO3. The molecule has 5 rings (SSSR count). The number of likely N-dealkylation sites (tertiary alicyclic amines) is 1. The van der Waals surface area contributed by atoms with Gasteiger partial charge in [0.05, 0.1) is 0 Å². The fourth-order valence-electron chi connectivity index (χ4n) is 5.32. The maximum atomic E-state index is 13.5. The van der Waals surface area contributed by atoms with E-state index in [9.17, 15) is 13.9 Å². The van der Waals surface area contributed by atoms with Gasteiger partial charge in [0.15, 0.2) is 0 Å². The highest BCUT2D eigenvalue weighted by molar-refractivity contribution is 5.95. The normalized spacial score (nSPS) is 20.6. The molecular weight excluding hydrogens is 472 g/mol.